The second kappa shape index (κ2) is 8.79. The van der Waals surface area contributed by atoms with Crippen molar-refractivity contribution in [2.24, 2.45) is 0 Å². The summed E-state index contributed by atoms with van der Waals surface area (Å²) in [7, 11) is 0. The SMILES string of the molecule is Cc1c(-c2ccccc2)sc2cc(-c3nccc4ccc(C(C)C)cc34)cc(-c3ccccc3)c12. The number of aromatic nitrogens is 1. The summed E-state index contributed by atoms with van der Waals surface area (Å²) in [5, 5.41) is 3.79. The molecule has 0 radical (unpaired) electrons. The van der Waals surface area contributed by atoms with Crippen LogP contribution in [0, 0.1) is 6.92 Å². The molecule has 4 aromatic carbocycles. The number of rotatable bonds is 4. The summed E-state index contributed by atoms with van der Waals surface area (Å²) < 4.78 is 1.30. The topological polar surface area (TPSA) is 12.9 Å². The maximum atomic E-state index is 4.91. The number of benzene rings is 4. The number of pyridine rings is 1. The van der Waals surface area contributed by atoms with Gasteiger partial charge in [-0.15, -0.1) is 11.3 Å². The molecular formula is C33H27NS. The Kier molecular flexibility index (Phi) is 5.47. The molecule has 0 bridgehead atoms. The third kappa shape index (κ3) is 3.84. The summed E-state index contributed by atoms with van der Waals surface area (Å²) >= 11 is 1.88. The highest BCUT2D eigenvalue weighted by Gasteiger charge is 2.18. The molecule has 0 atom stereocenters. The lowest BCUT2D eigenvalue weighted by molar-refractivity contribution is 0.869. The molecule has 2 heterocycles. The second-order valence-corrected chi connectivity index (χ2v) is 10.5. The van der Waals surface area contributed by atoms with Crippen LogP contribution >= 0.6 is 11.3 Å². The maximum Gasteiger partial charge on any atom is 0.0781 e. The number of aryl methyl sites for hydroxylation is 1. The van der Waals surface area contributed by atoms with E-state index in [0.717, 1.165) is 5.69 Å². The van der Waals surface area contributed by atoms with Crippen LogP contribution in [0.1, 0.15) is 30.9 Å². The van der Waals surface area contributed by atoms with E-state index in [9.17, 15) is 0 Å². The molecule has 0 amide bonds. The molecule has 35 heavy (non-hydrogen) atoms. The molecule has 0 N–H and O–H groups in total. The molecule has 6 rings (SSSR count). The molecule has 1 nitrogen and oxygen atoms in total. The molecule has 0 fully saturated rings. The molecular weight excluding hydrogens is 442 g/mol. The van der Waals surface area contributed by atoms with Crippen molar-refractivity contribution in [1.82, 2.24) is 4.98 Å². The number of fused-ring (bicyclic) bond motifs is 2. The Labute approximate surface area is 210 Å². The predicted octanol–water partition coefficient (Wildman–Crippen LogP) is 9.88. The van der Waals surface area contributed by atoms with Gasteiger partial charge in [0, 0.05) is 32.1 Å². The highest BCUT2D eigenvalue weighted by atomic mass is 32.1. The Balaban J connectivity index is 1.66. The lowest BCUT2D eigenvalue weighted by Crippen LogP contribution is -1.91. The zero-order valence-corrected chi connectivity index (χ0v) is 21.1. The van der Waals surface area contributed by atoms with Crippen LogP contribution in [0.4, 0.5) is 0 Å². The van der Waals surface area contributed by atoms with Gasteiger partial charge in [0.15, 0.2) is 0 Å². The van der Waals surface area contributed by atoms with Gasteiger partial charge in [-0.2, -0.15) is 0 Å². The number of hydrogen-bond donors (Lipinski definition) is 0. The van der Waals surface area contributed by atoms with Crippen molar-refractivity contribution < 1.29 is 0 Å². The monoisotopic (exact) mass is 469 g/mol. The van der Waals surface area contributed by atoms with Gasteiger partial charge >= 0.3 is 0 Å². The fourth-order valence-electron chi connectivity index (χ4n) is 5.00. The summed E-state index contributed by atoms with van der Waals surface area (Å²) in [6.45, 7) is 6.75. The minimum Gasteiger partial charge on any atom is -0.256 e. The lowest BCUT2D eigenvalue weighted by atomic mass is 9.93. The second-order valence-electron chi connectivity index (χ2n) is 9.48. The molecule has 0 aliphatic heterocycles. The van der Waals surface area contributed by atoms with Crippen molar-refractivity contribution in [2.75, 3.05) is 0 Å². The van der Waals surface area contributed by atoms with Crippen molar-refractivity contribution in [3.05, 3.63) is 114 Å². The van der Waals surface area contributed by atoms with Crippen molar-refractivity contribution in [2.45, 2.75) is 26.7 Å². The van der Waals surface area contributed by atoms with Gasteiger partial charge in [-0.05, 0) is 70.3 Å². The molecule has 170 valence electrons. The summed E-state index contributed by atoms with van der Waals surface area (Å²) in [5.41, 5.74) is 8.69. The van der Waals surface area contributed by atoms with Crippen molar-refractivity contribution in [3.63, 3.8) is 0 Å². The Morgan fingerprint density at radius 3 is 2.14 bits per heavy atom. The van der Waals surface area contributed by atoms with Gasteiger partial charge < -0.3 is 0 Å². The van der Waals surface area contributed by atoms with E-state index in [1.165, 1.54) is 59.1 Å². The smallest absolute Gasteiger partial charge is 0.0781 e. The van der Waals surface area contributed by atoms with Gasteiger partial charge in [-0.3, -0.25) is 4.98 Å². The summed E-state index contributed by atoms with van der Waals surface area (Å²) in [6, 6.07) is 35.1. The third-order valence-electron chi connectivity index (χ3n) is 6.88. The van der Waals surface area contributed by atoms with Gasteiger partial charge in [0.1, 0.15) is 0 Å². The molecule has 0 unspecified atom stereocenters. The van der Waals surface area contributed by atoms with E-state index in [4.69, 9.17) is 4.98 Å². The molecule has 0 aliphatic rings. The molecule has 0 aliphatic carbocycles. The molecule has 0 saturated heterocycles. The Hall–Kier alpha value is -3.75. The first-order chi connectivity index (χ1) is 17.1. The van der Waals surface area contributed by atoms with Crippen LogP contribution < -0.4 is 0 Å². The zero-order valence-electron chi connectivity index (χ0n) is 20.2. The minimum atomic E-state index is 0.475. The van der Waals surface area contributed by atoms with Crippen LogP contribution in [-0.4, -0.2) is 4.98 Å². The van der Waals surface area contributed by atoms with Gasteiger partial charge in [-0.25, -0.2) is 0 Å². The normalized spacial score (nSPS) is 11.5. The highest BCUT2D eigenvalue weighted by Crippen LogP contribution is 2.45. The largest absolute Gasteiger partial charge is 0.256 e. The fraction of sp³-hybridized carbons (Fsp3) is 0.121. The molecule has 2 aromatic heterocycles. The Morgan fingerprint density at radius 1 is 0.714 bits per heavy atom. The van der Waals surface area contributed by atoms with Crippen LogP contribution in [0.2, 0.25) is 0 Å². The van der Waals surface area contributed by atoms with Gasteiger partial charge in [0.25, 0.3) is 0 Å². The number of hydrogen-bond acceptors (Lipinski definition) is 2. The molecule has 0 spiro atoms. The first-order valence-corrected chi connectivity index (χ1v) is 13.0. The van der Waals surface area contributed by atoms with Crippen LogP contribution in [0.3, 0.4) is 0 Å². The summed E-state index contributed by atoms with van der Waals surface area (Å²) in [6.07, 6.45) is 1.94. The van der Waals surface area contributed by atoms with Gasteiger partial charge in [0.05, 0.1) is 5.69 Å². The molecule has 6 aromatic rings. The van der Waals surface area contributed by atoms with Crippen molar-refractivity contribution in [1.29, 1.82) is 0 Å². The minimum absolute atomic E-state index is 0.475. The first kappa shape index (κ1) is 21.8. The predicted molar refractivity (Wildman–Crippen MR) is 152 cm³/mol. The molecule has 2 heteroatoms. The first-order valence-electron chi connectivity index (χ1n) is 12.2. The number of nitrogens with zero attached hydrogens (tertiary/aromatic N) is 1. The van der Waals surface area contributed by atoms with E-state index in [1.807, 2.05) is 17.5 Å². The Morgan fingerprint density at radius 2 is 1.43 bits per heavy atom. The van der Waals surface area contributed by atoms with E-state index in [-0.39, 0.29) is 0 Å². The van der Waals surface area contributed by atoms with E-state index in [0.29, 0.717) is 5.92 Å². The lowest BCUT2D eigenvalue weighted by Gasteiger charge is -2.13. The summed E-state index contributed by atoms with van der Waals surface area (Å²) in [5.74, 6) is 0.475. The van der Waals surface area contributed by atoms with Crippen LogP contribution in [0.15, 0.2) is 103 Å². The third-order valence-corrected chi connectivity index (χ3v) is 8.17. The quantitative estimate of drug-likeness (QED) is 0.250. The number of thiophene rings is 1. The average molecular weight is 470 g/mol. The standard InChI is InChI=1S/C33H27NS/c1-21(2)26-15-14-24-16-17-34-32(29(24)18-26)27-19-28(23-10-6-4-7-11-23)31-22(3)33(35-30(31)20-27)25-12-8-5-9-13-25/h4-21H,1-3H3. The molecule has 0 saturated carbocycles. The summed E-state index contributed by atoms with van der Waals surface area (Å²) in [4.78, 5) is 6.25. The van der Waals surface area contributed by atoms with E-state index < -0.39 is 0 Å². The van der Waals surface area contributed by atoms with Gasteiger partial charge in [-0.1, -0.05) is 86.6 Å². The van der Waals surface area contributed by atoms with Crippen LogP contribution in [-0.2, 0) is 0 Å². The fourth-order valence-corrected chi connectivity index (χ4v) is 6.28. The zero-order chi connectivity index (χ0) is 23.9. The van der Waals surface area contributed by atoms with Crippen LogP contribution in [0.25, 0.3) is 53.7 Å². The van der Waals surface area contributed by atoms with Crippen molar-refractivity contribution in [3.8, 4) is 32.8 Å². The maximum absolute atomic E-state index is 4.91. The van der Waals surface area contributed by atoms with E-state index in [2.05, 4.69) is 118 Å². The van der Waals surface area contributed by atoms with Gasteiger partial charge in [0.2, 0.25) is 0 Å². The van der Waals surface area contributed by atoms with Crippen molar-refractivity contribution >= 4 is 32.2 Å². The highest BCUT2D eigenvalue weighted by molar-refractivity contribution is 7.22. The van der Waals surface area contributed by atoms with E-state index in [1.54, 1.807) is 0 Å². The van der Waals surface area contributed by atoms with E-state index >= 15 is 0 Å². The Bertz CT molecular complexity index is 1660. The van der Waals surface area contributed by atoms with Crippen LogP contribution in [0.5, 0.6) is 0 Å². The average Bonchev–Trinajstić information content (AvgIpc) is 3.24.